The number of hydrogen-bond acceptors (Lipinski definition) is 4. The van der Waals surface area contributed by atoms with Crippen LogP contribution in [-0.4, -0.2) is 39.3 Å². The lowest BCUT2D eigenvalue weighted by Gasteiger charge is -2.19. The zero-order chi connectivity index (χ0) is 19.4. The van der Waals surface area contributed by atoms with Crippen LogP contribution in [0.5, 0.6) is 0 Å². The molecule has 27 heavy (non-hydrogen) atoms. The van der Waals surface area contributed by atoms with Crippen molar-refractivity contribution in [3.8, 4) is 5.69 Å². The Morgan fingerprint density at radius 2 is 2.04 bits per heavy atom. The molecule has 0 bridgehead atoms. The Balaban J connectivity index is 1.80. The molecule has 0 unspecified atom stereocenters. The minimum absolute atomic E-state index is 0.316. The zero-order valence-corrected chi connectivity index (χ0v) is 15.9. The summed E-state index contributed by atoms with van der Waals surface area (Å²) in [5, 5.41) is 14.5. The average molecular weight is 368 g/mol. The predicted molar refractivity (Wildman–Crippen MR) is 103 cm³/mol. The molecule has 0 saturated heterocycles. The van der Waals surface area contributed by atoms with Crippen LogP contribution >= 0.6 is 0 Å². The maximum absolute atomic E-state index is 12.6. The molecular weight excluding hydrogens is 344 g/mol. The molecule has 2 aromatic heterocycles. The highest BCUT2D eigenvalue weighted by Crippen LogP contribution is 2.22. The van der Waals surface area contributed by atoms with Gasteiger partial charge in [-0.3, -0.25) is 4.68 Å². The second-order valence-corrected chi connectivity index (χ2v) is 6.34. The number of methoxy groups -OCH3 is 1. The van der Waals surface area contributed by atoms with Crippen molar-refractivity contribution < 1.29 is 9.53 Å². The Morgan fingerprint density at radius 1 is 1.26 bits per heavy atom. The van der Waals surface area contributed by atoms with Gasteiger partial charge in [0, 0.05) is 26.0 Å². The first kappa shape index (κ1) is 18.7. The molecule has 142 valence electrons. The first-order valence-corrected chi connectivity index (χ1v) is 8.66. The Labute approximate surface area is 158 Å². The topological polar surface area (TPSA) is 86.0 Å². The highest BCUT2D eigenvalue weighted by atomic mass is 16.5. The van der Waals surface area contributed by atoms with Gasteiger partial charge >= 0.3 is 6.03 Å². The molecule has 0 saturated carbocycles. The smallest absolute Gasteiger partial charge is 0.319 e. The van der Waals surface area contributed by atoms with Crippen LogP contribution in [0.3, 0.4) is 0 Å². The zero-order valence-electron chi connectivity index (χ0n) is 15.9. The van der Waals surface area contributed by atoms with Crippen LogP contribution in [0.25, 0.3) is 5.69 Å². The van der Waals surface area contributed by atoms with E-state index >= 15 is 0 Å². The van der Waals surface area contributed by atoms with Crippen molar-refractivity contribution in [2.75, 3.05) is 19.0 Å². The number of hydrogen-bond donors (Lipinski definition) is 2. The second-order valence-electron chi connectivity index (χ2n) is 6.34. The van der Waals surface area contributed by atoms with Crippen molar-refractivity contribution in [1.82, 2.24) is 24.9 Å². The molecule has 3 aromatic rings. The van der Waals surface area contributed by atoms with E-state index < -0.39 is 0 Å². The number of nitrogens with one attached hydrogen (secondary N) is 2. The number of benzene rings is 1. The Kier molecular flexibility index (Phi) is 5.56. The third-order valence-electron chi connectivity index (χ3n) is 4.24. The summed E-state index contributed by atoms with van der Waals surface area (Å²) in [6.45, 7) is 4.26. The monoisotopic (exact) mass is 368 g/mol. The van der Waals surface area contributed by atoms with Crippen LogP contribution in [0, 0.1) is 13.8 Å². The fourth-order valence-electron chi connectivity index (χ4n) is 3.05. The minimum Gasteiger partial charge on any atom is -0.382 e. The summed E-state index contributed by atoms with van der Waals surface area (Å²) < 4.78 is 8.78. The molecule has 0 radical (unpaired) electrons. The van der Waals surface area contributed by atoms with E-state index in [2.05, 4.69) is 20.8 Å². The lowest BCUT2D eigenvalue weighted by Crippen LogP contribution is -2.36. The van der Waals surface area contributed by atoms with Gasteiger partial charge in [-0.2, -0.15) is 10.2 Å². The van der Waals surface area contributed by atoms with Gasteiger partial charge in [0.05, 0.1) is 35.4 Å². The molecule has 8 heteroatoms. The predicted octanol–water partition coefficient (Wildman–Crippen LogP) is 2.73. The number of urea groups is 1. The van der Waals surface area contributed by atoms with E-state index in [1.807, 2.05) is 62.0 Å². The number of nitrogens with zero attached hydrogens (tertiary/aromatic N) is 4. The van der Waals surface area contributed by atoms with Crippen molar-refractivity contribution in [2.24, 2.45) is 7.05 Å². The molecule has 2 N–H and O–H groups in total. The van der Waals surface area contributed by atoms with E-state index in [0.29, 0.717) is 12.3 Å². The third-order valence-corrected chi connectivity index (χ3v) is 4.24. The van der Waals surface area contributed by atoms with Crippen LogP contribution < -0.4 is 10.6 Å². The van der Waals surface area contributed by atoms with E-state index in [1.54, 1.807) is 18.0 Å². The number of amides is 2. The lowest BCUT2D eigenvalue weighted by atomic mass is 10.2. The van der Waals surface area contributed by atoms with Gasteiger partial charge in [0.15, 0.2) is 0 Å². The number of carbonyl (C=O) groups is 1. The van der Waals surface area contributed by atoms with E-state index in [4.69, 9.17) is 4.74 Å². The Morgan fingerprint density at radius 3 is 2.67 bits per heavy atom. The number of carbonyl (C=O) groups excluding carboxylic acids is 1. The van der Waals surface area contributed by atoms with Crippen molar-refractivity contribution in [3.05, 3.63) is 59.7 Å². The number of ether oxygens (including phenoxy) is 1. The van der Waals surface area contributed by atoms with Gasteiger partial charge in [0.25, 0.3) is 0 Å². The van der Waals surface area contributed by atoms with Crippen LogP contribution in [-0.2, 0) is 11.8 Å². The number of rotatable bonds is 6. The molecule has 3 rings (SSSR count). The molecule has 8 nitrogen and oxygen atoms in total. The van der Waals surface area contributed by atoms with Gasteiger partial charge in [-0.1, -0.05) is 12.1 Å². The first-order valence-electron chi connectivity index (χ1n) is 8.66. The summed E-state index contributed by atoms with van der Waals surface area (Å²) in [5.41, 5.74) is 4.25. The summed E-state index contributed by atoms with van der Waals surface area (Å²) in [5.74, 6) is 0. The standard InChI is InChI=1S/C19H24N6O2/c1-13-11-14(2)25(23-13)18-8-6-5-7-15(18)21-19(26)22-16(12-27-4)17-9-10-20-24(17)3/h5-11,16H,12H2,1-4H3,(H2,21,22,26)/t16-/m0/s1. The van der Waals surface area contributed by atoms with Gasteiger partial charge in [0.2, 0.25) is 0 Å². The number of anilines is 1. The van der Waals surface area contributed by atoms with Crippen LogP contribution in [0.2, 0.25) is 0 Å². The van der Waals surface area contributed by atoms with Gasteiger partial charge in [-0.25, -0.2) is 9.48 Å². The molecule has 1 aromatic carbocycles. The lowest BCUT2D eigenvalue weighted by molar-refractivity contribution is 0.165. The van der Waals surface area contributed by atoms with Gasteiger partial charge in [-0.15, -0.1) is 0 Å². The van der Waals surface area contributed by atoms with E-state index in [1.165, 1.54) is 0 Å². The summed E-state index contributed by atoms with van der Waals surface area (Å²) in [6, 6.07) is 10.8. The van der Waals surface area contributed by atoms with E-state index in [-0.39, 0.29) is 12.1 Å². The summed E-state index contributed by atoms with van der Waals surface area (Å²) in [6.07, 6.45) is 1.69. The molecule has 2 heterocycles. The van der Waals surface area contributed by atoms with Crippen molar-refractivity contribution >= 4 is 11.7 Å². The van der Waals surface area contributed by atoms with Crippen molar-refractivity contribution in [1.29, 1.82) is 0 Å². The van der Waals surface area contributed by atoms with Crippen molar-refractivity contribution in [3.63, 3.8) is 0 Å². The highest BCUT2D eigenvalue weighted by molar-refractivity contribution is 5.91. The maximum atomic E-state index is 12.6. The molecule has 0 spiro atoms. The maximum Gasteiger partial charge on any atom is 0.319 e. The molecule has 0 aliphatic rings. The van der Waals surface area contributed by atoms with Gasteiger partial charge in [0.1, 0.15) is 0 Å². The average Bonchev–Trinajstić information content (AvgIpc) is 3.20. The molecule has 0 aliphatic heterocycles. The summed E-state index contributed by atoms with van der Waals surface area (Å²) >= 11 is 0. The molecule has 2 amide bonds. The van der Waals surface area contributed by atoms with Crippen molar-refractivity contribution in [2.45, 2.75) is 19.9 Å². The fourth-order valence-corrected chi connectivity index (χ4v) is 3.05. The van der Waals surface area contributed by atoms with Crippen LogP contribution in [0.1, 0.15) is 23.1 Å². The first-order chi connectivity index (χ1) is 13.0. The summed E-state index contributed by atoms with van der Waals surface area (Å²) in [7, 11) is 3.43. The second kappa shape index (κ2) is 8.05. The quantitative estimate of drug-likeness (QED) is 0.700. The summed E-state index contributed by atoms with van der Waals surface area (Å²) in [4.78, 5) is 12.6. The largest absolute Gasteiger partial charge is 0.382 e. The van der Waals surface area contributed by atoms with E-state index in [0.717, 1.165) is 22.8 Å². The van der Waals surface area contributed by atoms with E-state index in [9.17, 15) is 4.79 Å². The Hall–Kier alpha value is -3.13. The number of aromatic nitrogens is 4. The SMILES string of the molecule is COC[C@H](NC(=O)Nc1ccccc1-n1nc(C)cc1C)c1ccnn1C. The van der Waals surface area contributed by atoms with Crippen LogP contribution in [0.4, 0.5) is 10.5 Å². The molecule has 1 atom stereocenters. The van der Waals surface area contributed by atoms with Gasteiger partial charge < -0.3 is 15.4 Å². The number of para-hydroxylation sites is 2. The van der Waals surface area contributed by atoms with Gasteiger partial charge in [-0.05, 0) is 38.1 Å². The highest BCUT2D eigenvalue weighted by Gasteiger charge is 2.18. The third kappa shape index (κ3) is 4.17. The normalized spacial score (nSPS) is 12.0. The molecule has 0 fully saturated rings. The Bertz CT molecular complexity index is 930. The fraction of sp³-hybridized carbons (Fsp3) is 0.316. The number of aryl methyl sites for hydroxylation is 3. The van der Waals surface area contributed by atoms with Crippen LogP contribution in [0.15, 0.2) is 42.6 Å². The minimum atomic E-state index is -0.327. The molecular formula is C19H24N6O2. The molecule has 0 aliphatic carbocycles.